The number of rotatable bonds is 6. The highest BCUT2D eigenvalue weighted by Crippen LogP contribution is 2.40. The molecule has 0 atom stereocenters. The normalized spacial score (nSPS) is 13.2. The maximum atomic E-state index is 13.0. The molecule has 0 saturated carbocycles. The van der Waals surface area contributed by atoms with Crippen molar-refractivity contribution in [1.82, 2.24) is 0 Å². The first kappa shape index (κ1) is 21.7. The molecule has 0 aliphatic rings. The monoisotopic (exact) mass is 348 g/mol. The van der Waals surface area contributed by atoms with E-state index in [0.717, 1.165) is 30.4 Å². The lowest BCUT2D eigenvalue weighted by molar-refractivity contribution is 0.0881. The molecule has 0 aromatic heterocycles. The van der Waals surface area contributed by atoms with Gasteiger partial charge in [-0.05, 0) is 35.8 Å². The summed E-state index contributed by atoms with van der Waals surface area (Å²) in [5.41, 5.74) is 12.3. The topological polar surface area (TPSA) is 89.3 Å². The molecule has 1 aromatic carbocycles. The molecular weight excluding hydrogens is 312 g/mol. The maximum Gasteiger partial charge on any atom is 0.197 e. The predicted molar refractivity (Wildman–Crippen MR) is 105 cm³/mol. The highest BCUT2D eigenvalue weighted by atomic mass is 16.3. The maximum absolute atomic E-state index is 13.0. The molecule has 4 heteroatoms. The van der Waals surface area contributed by atoms with Gasteiger partial charge in [-0.1, -0.05) is 61.3 Å². The number of carbonyl (C=O) groups excluding carboxylic acids is 1. The van der Waals surface area contributed by atoms with E-state index < -0.39 is 5.66 Å². The second-order valence-electron chi connectivity index (χ2n) is 9.25. The van der Waals surface area contributed by atoms with E-state index in [1.165, 1.54) is 0 Å². The molecule has 142 valence electrons. The van der Waals surface area contributed by atoms with E-state index in [1.54, 1.807) is 12.1 Å². The molecule has 0 unspecified atom stereocenters. The first-order valence-electron chi connectivity index (χ1n) is 9.22. The van der Waals surface area contributed by atoms with Crippen molar-refractivity contribution in [2.24, 2.45) is 11.5 Å². The number of aromatic hydroxyl groups is 1. The van der Waals surface area contributed by atoms with Gasteiger partial charge in [-0.15, -0.1) is 0 Å². The first-order valence-corrected chi connectivity index (χ1v) is 9.22. The fourth-order valence-electron chi connectivity index (χ4n) is 2.96. The summed E-state index contributed by atoms with van der Waals surface area (Å²) in [5.74, 6) is -0.0122. The van der Waals surface area contributed by atoms with E-state index in [9.17, 15) is 9.90 Å². The third-order valence-corrected chi connectivity index (χ3v) is 4.60. The lowest BCUT2D eigenvalue weighted by atomic mass is 9.77. The molecule has 4 nitrogen and oxygen atoms in total. The molecule has 0 bridgehead atoms. The molecule has 0 fully saturated rings. The standard InChI is InChI=1S/C21H36N2O2/c1-8-9-10-11-21(22,23)18(25)14-12-15(19(2,3)4)17(24)16(13-14)20(5,6)7/h12-13,24H,8-11,22-23H2,1-7H3. The van der Waals surface area contributed by atoms with Crippen LogP contribution >= 0.6 is 0 Å². The Hall–Kier alpha value is -1.39. The third-order valence-electron chi connectivity index (χ3n) is 4.60. The summed E-state index contributed by atoms with van der Waals surface area (Å²) in [5, 5.41) is 10.8. The smallest absolute Gasteiger partial charge is 0.197 e. The predicted octanol–water partition coefficient (Wildman–Crippen LogP) is 4.36. The van der Waals surface area contributed by atoms with Crippen LogP contribution in [0.25, 0.3) is 0 Å². The highest BCUT2D eigenvalue weighted by molar-refractivity contribution is 6.03. The minimum absolute atomic E-state index is 0.252. The lowest BCUT2D eigenvalue weighted by Gasteiger charge is -2.30. The summed E-state index contributed by atoms with van der Waals surface area (Å²) in [7, 11) is 0. The van der Waals surface area contributed by atoms with Crippen LogP contribution in [0.5, 0.6) is 5.75 Å². The zero-order valence-corrected chi connectivity index (χ0v) is 17.0. The van der Waals surface area contributed by atoms with Crippen molar-refractivity contribution in [1.29, 1.82) is 0 Å². The molecule has 1 rings (SSSR count). The number of ketones is 1. The van der Waals surface area contributed by atoms with Crippen molar-refractivity contribution in [3.8, 4) is 5.75 Å². The number of carbonyl (C=O) groups is 1. The van der Waals surface area contributed by atoms with Crippen molar-refractivity contribution in [3.63, 3.8) is 0 Å². The summed E-state index contributed by atoms with van der Waals surface area (Å²) in [6, 6.07) is 3.50. The molecule has 25 heavy (non-hydrogen) atoms. The Morgan fingerprint density at radius 3 is 1.76 bits per heavy atom. The Balaban J connectivity index is 3.43. The minimum atomic E-state index is -1.38. The average Bonchev–Trinajstić information content (AvgIpc) is 2.44. The van der Waals surface area contributed by atoms with Crippen LogP contribution in [0.2, 0.25) is 0 Å². The van der Waals surface area contributed by atoms with Gasteiger partial charge in [0.1, 0.15) is 11.4 Å². The van der Waals surface area contributed by atoms with Gasteiger partial charge in [-0.3, -0.25) is 4.79 Å². The Labute approximate surface area is 153 Å². The molecule has 0 aliphatic heterocycles. The second-order valence-corrected chi connectivity index (χ2v) is 9.25. The molecule has 1 aromatic rings. The summed E-state index contributed by atoms with van der Waals surface area (Å²) in [4.78, 5) is 13.0. The van der Waals surface area contributed by atoms with E-state index in [1.807, 2.05) is 41.5 Å². The van der Waals surface area contributed by atoms with Gasteiger partial charge in [-0.25, -0.2) is 0 Å². The zero-order chi connectivity index (χ0) is 19.6. The number of benzene rings is 1. The van der Waals surface area contributed by atoms with Gasteiger partial charge in [0.15, 0.2) is 5.78 Å². The fraction of sp³-hybridized carbons (Fsp3) is 0.667. The van der Waals surface area contributed by atoms with E-state index in [0.29, 0.717) is 12.0 Å². The number of nitrogens with two attached hydrogens (primary N) is 2. The highest BCUT2D eigenvalue weighted by Gasteiger charge is 2.33. The summed E-state index contributed by atoms with van der Waals surface area (Å²) >= 11 is 0. The molecule has 0 spiro atoms. The van der Waals surface area contributed by atoms with E-state index in [2.05, 4.69) is 6.92 Å². The van der Waals surface area contributed by atoms with Gasteiger partial charge in [0, 0.05) is 16.7 Å². The van der Waals surface area contributed by atoms with Crippen LogP contribution in [0.1, 0.15) is 95.6 Å². The number of hydrogen-bond donors (Lipinski definition) is 3. The molecule has 0 heterocycles. The Morgan fingerprint density at radius 1 is 0.960 bits per heavy atom. The summed E-state index contributed by atoms with van der Waals surface area (Å²) < 4.78 is 0. The van der Waals surface area contributed by atoms with Crippen LogP contribution in [-0.2, 0) is 10.8 Å². The quantitative estimate of drug-likeness (QED) is 0.405. The van der Waals surface area contributed by atoms with Crippen LogP contribution in [0.4, 0.5) is 0 Å². The largest absolute Gasteiger partial charge is 0.507 e. The van der Waals surface area contributed by atoms with E-state index in [4.69, 9.17) is 11.5 Å². The van der Waals surface area contributed by atoms with Gasteiger partial charge in [0.25, 0.3) is 0 Å². The van der Waals surface area contributed by atoms with Crippen LogP contribution in [-0.4, -0.2) is 16.6 Å². The van der Waals surface area contributed by atoms with Gasteiger partial charge in [0.05, 0.1) is 0 Å². The van der Waals surface area contributed by atoms with Gasteiger partial charge in [-0.2, -0.15) is 0 Å². The number of Topliss-reactive ketones (excluding diaryl/α,β-unsaturated/α-hetero) is 1. The van der Waals surface area contributed by atoms with E-state index >= 15 is 0 Å². The summed E-state index contributed by atoms with van der Waals surface area (Å²) in [6.07, 6.45) is 3.33. The van der Waals surface area contributed by atoms with Gasteiger partial charge >= 0.3 is 0 Å². The van der Waals surface area contributed by atoms with Gasteiger partial charge in [0.2, 0.25) is 0 Å². The summed E-state index contributed by atoms with van der Waals surface area (Å²) in [6.45, 7) is 14.2. The van der Waals surface area contributed by atoms with Crippen molar-refractivity contribution in [2.45, 2.75) is 90.6 Å². The molecule has 0 saturated heterocycles. The average molecular weight is 349 g/mol. The van der Waals surface area contributed by atoms with Gasteiger partial charge < -0.3 is 16.6 Å². The fourth-order valence-corrected chi connectivity index (χ4v) is 2.96. The number of phenols is 1. The number of phenolic OH excluding ortho intramolecular Hbond substituents is 1. The van der Waals surface area contributed by atoms with Crippen LogP contribution in [0.15, 0.2) is 12.1 Å². The van der Waals surface area contributed by atoms with Crippen molar-refractivity contribution in [2.75, 3.05) is 0 Å². The first-order chi connectivity index (χ1) is 11.2. The molecule has 5 N–H and O–H groups in total. The van der Waals surface area contributed by atoms with Crippen LogP contribution in [0, 0.1) is 0 Å². The molecule has 0 radical (unpaired) electrons. The zero-order valence-electron chi connectivity index (χ0n) is 17.0. The molecule has 0 aliphatic carbocycles. The van der Waals surface area contributed by atoms with Crippen LogP contribution < -0.4 is 11.5 Å². The number of hydrogen-bond acceptors (Lipinski definition) is 4. The lowest BCUT2D eigenvalue weighted by Crippen LogP contribution is -2.56. The second kappa shape index (κ2) is 7.46. The van der Waals surface area contributed by atoms with E-state index in [-0.39, 0.29) is 22.4 Å². The van der Waals surface area contributed by atoms with Crippen LogP contribution in [0.3, 0.4) is 0 Å². The van der Waals surface area contributed by atoms with Crippen molar-refractivity contribution < 1.29 is 9.90 Å². The number of unbranched alkanes of at least 4 members (excludes halogenated alkanes) is 2. The minimum Gasteiger partial charge on any atom is -0.507 e. The Bertz CT molecular complexity index is 585. The van der Waals surface area contributed by atoms with Crippen molar-refractivity contribution in [3.05, 3.63) is 28.8 Å². The Morgan fingerprint density at radius 2 is 1.40 bits per heavy atom. The molecule has 0 amide bonds. The molecular formula is C21H36N2O2. The van der Waals surface area contributed by atoms with Crippen molar-refractivity contribution >= 4 is 5.78 Å². The third kappa shape index (κ3) is 5.29. The SMILES string of the molecule is CCCCCC(N)(N)C(=O)c1cc(C(C)(C)C)c(O)c(C(C)(C)C)c1. The Kier molecular flexibility index (Phi) is 6.47.